The van der Waals surface area contributed by atoms with E-state index in [1.54, 1.807) is 6.92 Å². The third-order valence-electron chi connectivity index (χ3n) is 2.88. The first kappa shape index (κ1) is 17.8. The van der Waals surface area contributed by atoms with Gasteiger partial charge in [-0.25, -0.2) is 5.53 Å². The third-order valence-corrected chi connectivity index (χ3v) is 4.26. The van der Waals surface area contributed by atoms with Crippen LogP contribution in [0.1, 0.15) is 20.3 Å². The van der Waals surface area contributed by atoms with E-state index in [2.05, 4.69) is 20.5 Å². The molecule has 3 unspecified atom stereocenters. The van der Waals surface area contributed by atoms with Crippen LogP contribution in [0.15, 0.2) is 26.6 Å². The first-order chi connectivity index (χ1) is 10.4. The molecule has 0 aromatic rings. The summed E-state index contributed by atoms with van der Waals surface area (Å²) < 4.78 is 5.16. The zero-order valence-corrected chi connectivity index (χ0v) is 12.9. The molecule has 1 amide bonds. The third kappa shape index (κ3) is 4.96. The SMILES string of the molecule is CCC(=CC(CN1NN=NS1=CC(N)=O)N=O)C(C)[N+](=O)[O-]. The number of hydrogen-bond acceptors (Lipinski definition) is 9. The van der Waals surface area contributed by atoms with Crippen LogP contribution in [0.4, 0.5) is 0 Å². The predicted molar refractivity (Wildman–Crippen MR) is 82.0 cm³/mol. The van der Waals surface area contributed by atoms with Crippen LogP contribution in [0.2, 0.25) is 0 Å². The normalized spacial score (nSPS) is 21.4. The lowest BCUT2D eigenvalue weighted by Gasteiger charge is -2.17. The number of nitrogens with zero attached hydrogens (tertiary/aromatic N) is 5. The maximum absolute atomic E-state index is 11.0. The van der Waals surface area contributed by atoms with E-state index in [4.69, 9.17) is 5.73 Å². The van der Waals surface area contributed by atoms with Gasteiger partial charge in [0.05, 0.1) is 11.9 Å². The molecule has 0 radical (unpaired) electrons. The van der Waals surface area contributed by atoms with Crippen molar-refractivity contribution in [2.75, 3.05) is 6.54 Å². The first-order valence-electron chi connectivity index (χ1n) is 6.37. The monoisotopic (exact) mass is 331 g/mol. The minimum absolute atomic E-state index is 0.0529. The maximum Gasteiger partial charge on any atom is 0.250 e. The molecule has 3 N–H and O–H groups in total. The Hall–Kier alpha value is -2.21. The topological polar surface area (TPSA) is 156 Å². The molecule has 1 heterocycles. The van der Waals surface area contributed by atoms with Gasteiger partial charge in [-0.2, -0.15) is 4.91 Å². The summed E-state index contributed by atoms with van der Waals surface area (Å²) in [5.74, 6) is -0.668. The van der Waals surface area contributed by atoms with E-state index >= 15 is 0 Å². The van der Waals surface area contributed by atoms with Crippen molar-refractivity contribution in [2.45, 2.75) is 32.4 Å². The Kier molecular flexibility index (Phi) is 6.72. The van der Waals surface area contributed by atoms with Crippen LogP contribution in [0, 0.1) is 15.0 Å². The van der Waals surface area contributed by atoms with Crippen molar-refractivity contribution >= 4 is 22.1 Å². The number of nitrogens with two attached hydrogens (primary N) is 1. The van der Waals surface area contributed by atoms with Crippen LogP contribution in [-0.4, -0.2) is 39.2 Å². The quantitative estimate of drug-likeness (QED) is 0.219. The van der Waals surface area contributed by atoms with Crippen LogP contribution < -0.4 is 11.3 Å². The maximum atomic E-state index is 11.0. The molecule has 0 aromatic heterocycles. The molecule has 0 saturated carbocycles. The van der Waals surface area contributed by atoms with Gasteiger partial charge in [-0.1, -0.05) is 16.6 Å². The predicted octanol–water partition coefficient (Wildman–Crippen LogP) is 0.697. The zero-order chi connectivity index (χ0) is 16.7. The van der Waals surface area contributed by atoms with E-state index in [1.165, 1.54) is 17.4 Å². The van der Waals surface area contributed by atoms with E-state index in [0.717, 1.165) is 5.37 Å². The number of carbonyl (C=O) groups excluding carboxylic acids is 1. The van der Waals surface area contributed by atoms with Gasteiger partial charge in [-0.05, 0) is 17.7 Å². The lowest BCUT2D eigenvalue weighted by Crippen LogP contribution is -2.33. The lowest BCUT2D eigenvalue weighted by molar-refractivity contribution is -0.508. The summed E-state index contributed by atoms with van der Waals surface area (Å²) >= 11 is 0. The molecule has 122 valence electrons. The van der Waals surface area contributed by atoms with Gasteiger partial charge in [-0.3, -0.25) is 14.9 Å². The summed E-state index contributed by atoms with van der Waals surface area (Å²) in [7, 11) is -1.03. The average molecular weight is 331 g/mol. The van der Waals surface area contributed by atoms with Crippen LogP contribution in [0.5, 0.6) is 0 Å². The van der Waals surface area contributed by atoms with Crippen LogP contribution in [0.3, 0.4) is 0 Å². The molecule has 12 heteroatoms. The summed E-state index contributed by atoms with van der Waals surface area (Å²) in [6.07, 6.45) is 1.89. The molecule has 0 aliphatic carbocycles. The van der Waals surface area contributed by atoms with Crippen molar-refractivity contribution in [3.8, 4) is 0 Å². The molecule has 3 atom stereocenters. The van der Waals surface area contributed by atoms with E-state index in [9.17, 15) is 19.8 Å². The van der Waals surface area contributed by atoms with Crippen molar-refractivity contribution in [3.63, 3.8) is 0 Å². The van der Waals surface area contributed by atoms with Gasteiger partial charge in [0, 0.05) is 28.3 Å². The molecular formula is C10H17N7O4S. The lowest BCUT2D eigenvalue weighted by atomic mass is 10.0. The Balaban J connectivity index is 2.86. The Bertz CT molecular complexity index is 547. The number of hydrogen-bond donors (Lipinski definition) is 2. The van der Waals surface area contributed by atoms with E-state index in [1.807, 2.05) is 0 Å². The number of nitro groups is 1. The molecule has 1 aliphatic heterocycles. The summed E-state index contributed by atoms with van der Waals surface area (Å²) in [5, 5.41) is 18.5. The van der Waals surface area contributed by atoms with Crippen molar-refractivity contribution in [1.82, 2.24) is 9.95 Å². The Morgan fingerprint density at radius 3 is 2.82 bits per heavy atom. The molecule has 22 heavy (non-hydrogen) atoms. The number of nitroso groups, excluding NO2 is 1. The van der Waals surface area contributed by atoms with Crippen molar-refractivity contribution in [1.29, 1.82) is 0 Å². The Morgan fingerprint density at radius 2 is 2.32 bits per heavy atom. The second kappa shape index (κ2) is 8.29. The Morgan fingerprint density at radius 1 is 1.64 bits per heavy atom. The van der Waals surface area contributed by atoms with Gasteiger partial charge in [0.25, 0.3) is 0 Å². The van der Waals surface area contributed by atoms with Gasteiger partial charge in [0.2, 0.25) is 11.9 Å². The largest absolute Gasteiger partial charge is 0.366 e. The minimum atomic E-state index is -1.03. The second-order valence-corrected chi connectivity index (χ2v) is 5.81. The van der Waals surface area contributed by atoms with E-state index in [-0.39, 0.29) is 6.54 Å². The fraction of sp³-hybridized carbons (Fsp3) is 0.600. The molecule has 0 aromatic carbocycles. The average Bonchev–Trinajstić information content (AvgIpc) is 2.88. The molecular weight excluding hydrogens is 314 g/mol. The number of carbonyl (C=O) groups is 1. The number of amides is 1. The molecule has 0 fully saturated rings. The van der Waals surface area contributed by atoms with Crippen molar-refractivity contribution in [2.24, 2.45) is 20.7 Å². The number of hydrazine groups is 1. The van der Waals surface area contributed by atoms with Crippen LogP contribution in [0.25, 0.3) is 0 Å². The zero-order valence-electron chi connectivity index (χ0n) is 12.1. The van der Waals surface area contributed by atoms with E-state index < -0.39 is 33.8 Å². The van der Waals surface area contributed by atoms with Gasteiger partial charge >= 0.3 is 0 Å². The smallest absolute Gasteiger partial charge is 0.250 e. The van der Waals surface area contributed by atoms with Crippen LogP contribution >= 0.6 is 10.9 Å². The van der Waals surface area contributed by atoms with Crippen molar-refractivity contribution in [3.05, 3.63) is 26.7 Å². The van der Waals surface area contributed by atoms with Crippen LogP contribution in [-0.2, 0) is 4.79 Å². The molecule has 0 saturated heterocycles. The van der Waals surface area contributed by atoms with E-state index in [0.29, 0.717) is 12.0 Å². The summed E-state index contributed by atoms with van der Waals surface area (Å²) in [5.41, 5.74) is 8.08. The van der Waals surface area contributed by atoms with Crippen molar-refractivity contribution < 1.29 is 9.72 Å². The van der Waals surface area contributed by atoms with Gasteiger partial charge in [-0.15, -0.1) is 4.41 Å². The first-order valence-corrected chi connectivity index (χ1v) is 7.57. The van der Waals surface area contributed by atoms with Gasteiger partial charge < -0.3 is 5.73 Å². The summed E-state index contributed by atoms with van der Waals surface area (Å²) in [6.45, 7) is 3.26. The standard InChI is InChI=1S/C10H17N7O4S/c1-3-8(7(2)17(20)21)4-9(12-19)5-16-14-13-15-22(16)6-10(11)18/h4,6-7,9H,3,5H2,1-2H3,(H2,11,18)(H,14,15). The highest BCUT2D eigenvalue weighted by molar-refractivity contribution is 8.12. The molecule has 1 aliphatic rings. The second-order valence-electron chi connectivity index (χ2n) is 4.38. The fourth-order valence-corrected chi connectivity index (χ4v) is 2.74. The summed E-state index contributed by atoms with van der Waals surface area (Å²) in [4.78, 5) is 32.3. The van der Waals surface area contributed by atoms with Gasteiger partial charge in [0.1, 0.15) is 6.04 Å². The minimum Gasteiger partial charge on any atom is -0.366 e. The van der Waals surface area contributed by atoms with Gasteiger partial charge in [0.15, 0.2) is 0 Å². The number of rotatable bonds is 8. The highest BCUT2D eigenvalue weighted by Crippen LogP contribution is 2.25. The summed E-state index contributed by atoms with van der Waals surface area (Å²) in [6, 6.07) is -1.74. The molecule has 1 rings (SSSR count). The fourth-order valence-electron chi connectivity index (χ4n) is 1.73. The molecule has 11 nitrogen and oxygen atoms in total. The molecule has 0 spiro atoms. The Labute approximate surface area is 128 Å². The highest BCUT2D eigenvalue weighted by atomic mass is 32.2. The number of primary amides is 1. The molecule has 0 bridgehead atoms. The number of nitrogens with one attached hydrogen (secondary N) is 1. The highest BCUT2D eigenvalue weighted by Gasteiger charge is 2.23.